The summed E-state index contributed by atoms with van der Waals surface area (Å²) in [6, 6.07) is 8.57. The van der Waals surface area contributed by atoms with Crippen molar-refractivity contribution in [1.82, 2.24) is 10.2 Å². The largest absolute Gasteiger partial charge is 0.306 e. The molecule has 2 aliphatic rings. The van der Waals surface area contributed by atoms with Gasteiger partial charge in [0.25, 0.3) is 5.69 Å². The van der Waals surface area contributed by atoms with Crippen molar-refractivity contribution in [2.75, 3.05) is 13.1 Å². The Bertz CT molecular complexity index is 516. The second-order valence-corrected chi connectivity index (χ2v) is 6.19. The van der Waals surface area contributed by atoms with E-state index in [0.717, 1.165) is 24.6 Å². The van der Waals surface area contributed by atoms with Crippen LogP contribution in [0.15, 0.2) is 24.3 Å². The van der Waals surface area contributed by atoms with Crippen LogP contribution in [0, 0.1) is 10.1 Å². The first-order valence-corrected chi connectivity index (χ1v) is 7.92. The van der Waals surface area contributed by atoms with Gasteiger partial charge >= 0.3 is 0 Å². The van der Waals surface area contributed by atoms with Gasteiger partial charge in [-0.25, -0.2) is 0 Å². The van der Waals surface area contributed by atoms with Crippen molar-refractivity contribution in [1.29, 1.82) is 0 Å². The number of likely N-dealkylation sites (tertiary alicyclic amines) is 1. The molecule has 0 amide bonds. The van der Waals surface area contributed by atoms with Crippen LogP contribution in [0.25, 0.3) is 0 Å². The molecule has 114 valence electrons. The molecule has 1 saturated heterocycles. The molecule has 0 spiro atoms. The molecule has 5 nitrogen and oxygen atoms in total. The summed E-state index contributed by atoms with van der Waals surface area (Å²) in [6.45, 7) is 4.44. The Labute approximate surface area is 125 Å². The Kier molecular flexibility index (Phi) is 4.22. The van der Waals surface area contributed by atoms with E-state index in [-0.39, 0.29) is 16.7 Å². The van der Waals surface area contributed by atoms with Gasteiger partial charge < -0.3 is 5.32 Å². The molecule has 3 rings (SSSR count). The zero-order valence-corrected chi connectivity index (χ0v) is 12.5. The zero-order chi connectivity index (χ0) is 14.8. The van der Waals surface area contributed by atoms with E-state index in [1.165, 1.54) is 25.8 Å². The maximum Gasteiger partial charge on any atom is 0.269 e. The summed E-state index contributed by atoms with van der Waals surface area (Å²) in [4.78, 5) is 13.2. The van der Waals surface area contributed by atoms with Crippen LogP contribution >= 0.6 is 0 Å². The first-order valence-electron chi connectivity index (χ1n) is 7.92. The lowest BCUT2D eigenvalue weighted by atomic mass is 10.0. The third kappa shape index (κ3) is 3.41. The maximum atomic E-state index is 10.9. The van der Waals surface area contributed by atoms with Gasteiger partial charge in [-0.15, -0.1) is 0 Å². The summed E-state index contributed by atoms with van der Waals surface area (Å²) in [6.07, 6.45) is 4.84. The topological polar surface area (TPSA) is 58.4 Å². The van der Waals surface area contributed by atoms with Gasteiger partial charge in [0.2, 0.25) is 0 Å². The van der Waals surface area contributed by atoms with E-state index in [4.69, 9.17) is 0 Å². The first kappa shape index (κ1) is 14.5. The van der Waals surface area contributed by atoms with Crippen LogP contribution in [0.2, 0.25) is 0 Å². The lowest BCUT2D eigenvalue weighted by Crippen LogP contribution is -2.35. The molecule has 2 unspecified atom stereocenters. The van der Waals surface area contributed by atoms with E-state index in [1.807, 2.05) is 6.07 Å². The molecule has 1 aromatic rings. The minimum absolute atomic E-state index is 0.179. The van der Waals surface area contributed by atoms with Crippen molar-refractivity contribution in [3.05, 3.63) is 39.9 Å². The van der Waals surface area contributed by atoms with Crippen molar-refractivity contribution >= 4 is 5.69 Å². The van der Waals surface area contributed by atoms with Gasteiger partial charge in [0.05, 0.1) is 4.92 Å². The van der Waals surface area contributed by atoms with Gasteiger partial charge in [0.1, 0.15) is 0 Å². The van der Waals surface area contributed by atoms with Gasteiger partial charge in [0.15, 0.2) is 0 Å². The van der Waals surface area contributed by atoms with Crippen LogP contribution in [0.1, 0.15) is 44.2 Å². The third-order valence-electron chi connectivity index (χ3n) is 4.61. The van der Waals surface area contributed by atoms with E-state index < -0.39 is 0 Å². The average molecular weight is 289 g/mol. The number of hydrogen-bond donors (Lipinski definition) is 1. The molecule has 1 saturated carbocycles. The minimum atomic E-state index is -0.319. The Balaban J connectivity index is 1.64. The van der Waals surface area contributed by atoms with Gasteiger partial charge in [-0.3, -0.25) is 15.0 Å². The summed E-state index contributed by atoms with van der Waals surface area (Å²) >= 11 is 0. The molecule has 0 radical (unpaired) electrons. The molecule has 0 bridgehead atoms. The van der Waals surface area contributed by atoms with E-state index in [2.05, 4.69) is 17.1 Å². The fourth-order valence-electron chi connectivity index (χ4n) is 3.28. The normalized spacial score (nSPS) is 24.1. The predicted molar refractivity (Wildman–Crippen MR) is 82.3 cm³/mol. The molecule has 2 fully saturated rings. The van der Waals surface area contributed by atoms with Crippen LogP contribution in [-0.4, -0.2) is 35.0 Å². The number of benzene rings is 1. The van der Waals surface area contributed by atoms with Crippen LogP contribution < -0.4 is 5.32 Å². The molecular formula is C16H23N3O2. The molecule has 0 aromatic heterocycles. The lowest BCUT2D eigenvalue weighted by Gasteiger charge is -2.23. The Hall–Kier alpha value is -1.46. The smallest absolute Gasteiger partial charge is 0.269 e. The summed E-state index contributed by atoms with van der Waals surface area (Å²) < 4.78 is 0. The monoisotopic (exact) mass is 289 g/mol. The van der Waals surface area contributed by atoms with Crippen LogP contribution in [0.3, 0.4) is 0 Å². The number of nitrogens with one attached hydrogen (secondary N) is 1. The molecule has 1 aromatic carbocycles. The Morgan fingerprint density at radius 1 is 1.43 bits per heavy atom. The maximum absolute atomic E-state index is 10.9. The van der Waals surface area contributed by atoms with Crippen LogP contribution in [0.5, 0.6) is 0 Å². The predicted octanol–water partition coefficient (Wildman–Crippen LogP) is 2.87. The molecule has 1 N–H and O–H groups in total. The SMILES string of the molecule is CCC(NC1CCN(C2CC2)C1)c1cccc([N+](=O)[O-])c1. The number of nitro groups is 1. The highest BCUT2D eigenvalue weighted by Crippen LogP contribution is 2.31. The standard InChI is InChI=1S/C16H23N3O2/c1-2-16(12-4-3-5-15(10-12)19(20)21)17-13-8-9-18(11-13)14-6-7-14/h3-5,10,13-14,16-17H,2,6-9,11H2,1H3. The molecule has 1 aliphatic carbocycles. The third-order valence-corrected chi connectivity index (χ3v) is 4.61. The van der Waals surface area contributed by atoms with E-state index in [1.54, 1.807) is 18.2 Å². The molecule has 1 heterocycles. The molecule has 5 heteroatoms. The van der Waals surface area contributed by atoms with E-state index >= 15 is 0 Å². The van der Waals surface area contributed by atoms with Gasteiger partial charge in [-0.1, -0.05) is 19.1 Å². The van der Waals surface area contributed by atoms with Crippen molar-refractivity contribution < 1.29 is 4.92 Å². The lowest BCUT2D eigenvalue weighted by molar-refractivity contribution is -0.384. The van der Waals surface area contributed by atoms with Gasteiger partial charge in [0, 0.05) is 43.3 Å². The molecule has 21 heavy (non-hydrogen) atoms. The highest BCUT2D eigenvalue weighted by molar-refractivity contribution is 5.35. The second-order valence-electron chi connectivity index (χ2n) is 6.19. The molecule has 1 aliphatic heterocycles. The van der Waals surface area contributed by atoms with Crippen molar-refractivity contribution in [2.24, 2.45) is 0 Å². The average Bonchev–Trinajstić information content (AvgIpc) is 3.24. The molecular weight excluding hydrogens is 266 g/mol. The number of nitro benzene ring substituents is 1. The molecule has 2 atom stereocenters. The van der Waals surface area contributed by atoms with Crippen molar-refractivity contribution in [3.8, 4) is 0 Å². The number of rotatable bonds is 6. The van der Waals surface area contributed by atoms with E-state index in [9.17, 15) is 10.1 Å². The van der Waals surface area contributed by atoms with Crippen molar-refractivity contribution in [3.63, 3.8) is 0 Å². The Morgan fingerprint density at radius 2 is 2.24 bits per heavy atom. The minimum Gasteiger partial charge on any atom is -0.306 e. The fourth-order valence-corrected chi connectivity index (χ4v) is 3.28. The van der Waals surface area contributed by atoms with Crippen molar-refractivity contribution in [2.45, 2.75) is 50.7 Å². The number of hydrogen-bond acceptors (Lipinski definition) is 4. The number of nitrogens with zero attached hydrogens (tertiary/aromatic N) is 2. The first-order chi connectivity index (χ1) is 10.2. The Morgan fingerprint density at radius 3 is 2.90 bits per heavy atom. The van der Waals surface area contributed by atoms with Gasteiger partial charge in [-0.05, 0) is 31.2 Å². The quantitative estimate of drug-likeness (QED) is 0.646. The van der Waals surface area contributed by atoms with Crippen LogP contribution in [0.4, 0.5) is 5.69 Å². The van der Waals surface area contributed by atoms with Crippen LogP contribution in [-0.2, 0) is 0 Å². The highest BCUT2D eigenvalue weighted by atomic mass is 16.6. The van der Waals surface area contributed by atoms with E-state index in [0.29, 0.717) is 6.04 Å². The summed E-state index contributed by atoms with van der Waals surface area (Å²) in [5.74, 6) is 0. The zero-order valence-electron chi connectivity index (χ0n) is 12.5. The number of non-ortho nitro benzene ring substituents is 1. The van der Waals surface area contributed by atoms with Gasteiger partial charge in [-0.2, -0.15) is 0 Å². The summed E-state index contributed by atoms with van der Waals surface area (Å²) in [7, 11) is 0. The second kappa shape index (κ2) is 6.12. The highest BCUT2D eigenvalue weighted by Gasteiger charge is 2.34. The fraction of sp³-hybridized carbons (Fsp3) is 0.625. The summed E-state index contributed by atoms with van der Waals surface area (Å²) in [5, 5.41) is 14.6. The summed E-state index contributed by atoms with van der Waals surface area (Å²) in [5.41, 5.74) is 1.20.